The van der Waals surface area contributed by atoms with Crippen molar-refractivity contribution in [2.75, 3.05) is 0 Å². The smallest absolute Gasteiger partial charge is 0.247 e. The van der Waals surface area contributed by atoms with E-state index in [9.17, 15) is 13.2 Å². The summed E-state index contributed by atoms with van der Waals surface area (Å²) >= 11 is 5.88. The maximum Gasteiger partial charge on any atom is 0.417 e. The van der Waals surface area contributed by atoms with Crippen LogP contribution in [0.4, 0.5) is 13.2 Å². The molecule has 3 aromatic carbocycles. The van der Waals surface area contributed by atoms with Crippen LogP contribution in [0.3, 0.4) is 0 Å². The monoisotopic (exact) mass is 357 g/mol. The minimum atomic E-state index is -4.47. The first-order valence-electron chi connectivity index (χ1n) is 7.59. The van der Waals surface area contributed by atoms with Gasteiger partial charge < -0.3 is 0 Å². The molecular weight excluding hydrogens is 347 g/mol. The van der Waals surface area contributed by atoms with E-state index >= 15 is 0 Å². The second kappa shape index (κ2) is 5.74. The van der Waals surface area contributed by atoms with Gasteiger partial charge in [0.05, 0.1) is 16.8 Å². The van der Waals surface area contributed by atoms with Crippen molar-refractivity contribution in [3.8, 4) is 11.3 Å². The van der Waals surface area contributed by atoms with Gasteiger partial charge in [-0.2, -0.15) is 13.2 Å². The molecule has 0 aliphatic rings. The van der Waals surface area contributed by atoms with Crippen molar-refractivity contribution >= 4 is 33.3 Å². The molecule has 0 unspecified atom stereocenters. The molecule has 0 radical (unpaired) electrons. The molecule has 1 aromatic heterocycles. The third-order valence-electron chi connectivity index (χ3n) is 4.15. The molecule has 0 fully saturated rings. The van der Waals surface area contributed by atoms with Crippen molar-refractivity contribution in [1.29, 1.82) is 0 Å². The van der Waals surface area contributed by atoms with Crippen LogP contribution in [0.15, 0.2) is 66.7 Å². The molecule has 0 N–H and O–H groups in total. The highest BCUT2D eigenvalue weighted by molar-refractivity contribution is 6.30. The predicted octanol–water partition coefficient (Wildman–Crippen LogP) is 6.73. The average Bonchev–Trinajstić information content (AvgIpc) is 2.60. The second-order valence-corrected chi connectivity index (χ2v) is 6.18. The van der Waals surface area contributed by atoms with Gasteiger partial charge in [0.25, 0.3) is 0 Å². The summed E-state index contributed by atoms with van der Waals surface area (Å²) < 4.78 is 40.9. The van der Waals surface area contributed by atoms with E-state index < -0.39 is 11.7 Å². The van der Waals surface area contributed by atoms with E-state index in [0.29, 0.717) is 21.5 Å². The third kappa shape index (κ3) is 2.83. The van der Waals surface area contributed by atoms with E-state index in [1.807, 2.05) is 12.1 Å². The summed E-state index contributed by atoms with van der Waals surface area (Å²) in [7, 11) is 0. The van der Waals surface area contributed by atoms with Crippen molar-refractivity contribution in [2.24, 2.45) is 0 Å². The number of aromatic nitrogens is 1. The molecule has 5 heteroatoms. The molecule has 0 aliphatic heterocycles. The van der Waals surface area contributed by atoms with Gasteiger partial charge in [-0.05, 0) is 23.6 Å². The van der Waals surface area contributed by atoms with Crippen LogP contribution in [0.25, 0.3) is 32.9 Å². The van der Waals surface area contributed by atoms with Crippen molar-refractivity contribution < 1.29 is 13.2 Å². The van der Waals surface area contributed by atoms with Gasteiger partial charge in [-0.15, -0.1) is 0 Å². The van der Waals surface area contributed by atoms with E-state index in [1.165, 1.54) is 6.07 Å². The van der Waals surface area contributed by atoms with Crippen LogP contribution in [-0.4, -0.2) is 4.98 Å². The maximum absolute atomic E-state index is 13.6. The Morgan fingerprint density at radius 3 is 2.24 bits per heavy atom. The SMILES string of the molecule is FC(F)(F)c1cc(-c2ccc(Cl)cc2)nc2c1ccc1ccccc12. The van der Waals surface area contributed by atoms with Crippen molar-refractivity contribution in [2.45, 2.75) is 6.18 Å². The number of rotatable bonds is 1. The maximum atomic E-state index is 13.6. The number of pyridine rings is 1. The Bertz CT molecular complexity index is 1090. The molecule has 0 saturated carbocycles. The fraction of sp³-hybridized carbons (Fsp3) is 0.0500. The molecule has 0 bridgehead atoms. The van der Waals surface area contributed by atoms with Crippen LogP contribution in [0.1, 0.15) is 5.56 Å². The van der Waals surface area contributed by atoms with Crippen LogP contribution >= 0.6 is 11.6 Å². The lowest BCUT2D eigenvalue weighted by molar-refractivity contribution is -0.136. The second-order valence-electron chi connectivity index (χ2n) is 5.74. The number of alkyl halides is 3. The summed E-state index contributed by atoms with van der Waals surface area (Å²) in [5, 5.41) is 2.17. The van der Waals surface area contributed by atoms with Gasteiger partial charge in [0.1, 0.15) is 0 Å². The van der Waals surface area contributed by atoms with Crippen LogP contribution < -0.4 is 0 Å². The Morgan fingerprint density at radius 2 is 1.52 bits per heavy atom. The van der Waals surface area contributed by atoms with Gasteiger partial charge in [-0.1, -0.05) is 60.1 Å². The molecule has 4 rings (SSSR count). The van der Waals surface area contributed by atoms with E-state index in [4.69, 9.17) is 11.6 Å². The van der Waals surface area contributed by atoms with Crippen molar-refractivity contribution in [1.82, 2.24) is 4.98 Å². The molecule has 0 aliphatic carbocycles. The fourth-order valence-corrected chi connectivity index (χ4v) is 3.09. The summed E-state index contributed by atoms with van der Waals surface area (Å²) in [6.07, 6.45) is -4.47. The molecular formula is C20H11ClF3N. The Balaban J connectivity index is 2.11. The Labute approximate surface area is 146 Å². The molecule has 0 amide bonds. The number of benzene rings is 3. The van der Waals surface area contributed by atoms with Gasteiger partial charge in [0, 0.05) is 21.4 Å². The van der Waals surface area contributed by atoms with Gasteiger partial charge in [0.2, 0.25) is 0 Å². The van der Waals surface area contributed by atoms with Crippen molar-refractivity contribution in [3.63, 3.8) is 0 Å². The first-order valence-corrected chi connectivity index (χ1v) is 7.97. The Kier molecular flexibility index (Phi) is 3.65. The summed E-state index contributed by atoms with van der Waals surface area (Å²) in [5.74, 6) is 0. The number of halogens is 4. The number of hydrogen-bond acceptors (Lipinski definition) is 1. The molecule has 0 saturated heterocycles. The van der Waals surface area contributed by atoms with E-state index in [2.05, 4.69) is 4.98 Å². The molecule has 25 heavy (non-hydrogen) atoms. The van der Waals surface area contributed by atoms with Crippen LogP contribution in [0.2, 0.25) is 5.02 Å². The van der Waals surface area contributed by atoms with E-state index in [1.54, 1.807) is 42.5 Å². The first-order chi connectivity index (χ1) is 11.9. The zero-order valence-electron chi connectivity index (χ0n) is 12.8. The summed E-state index contributed by atoms with van der Waals surface area (Å²) in [6, 6.07) is 18.2. The zero-order valence-corrected chi connectivity index (χ0v) is 13.6. The van der Waals surface area contributed by atoms with Gasteiger partial charge in [-0.3, -0.25) is 0 Å². The molecule has 0 spiro atoms. The minimum absolute atomic E-state index is 0.101. The molecule has 124 valence electrons. The lowest BCUT2D eigenvalue weighted by atomic mass is 10.00. The lowest BCUT2D eigenvalue weighted by Crippen LogP contribution is -2.07. The van der Waals surface area contributed by atoms with Crippen LogP contribution in [-0.2, 0) is 6.18 Å². The third-order valence-corrected chi connectivity index (χ3v) is 4.40. The van der Waals surface area contributed by atoms with Gasteiger partial charge >= 0.3 is 6.18 Å². The summed E-state index contributed by atoms with van der Waals surface area (Å²) in [4.78, 5) is 4.53. The van der Waals surface area contributed by atoms with E-state index in [-0.39, 0.29) is 11.1 Å². The Hall–Kier alpha value is -2.59. The Morgan fingerprint density at radius 1 is 0.800 bits per heavy atom. The highest BCUT2D eigenvalue weighted by Crippen LogP contribution is 2.38. The lowest BCUT2D eigenvalue weighted by Gasteiger charge is -2.14. The van der Waals surface area contributed by atoms with E-state index in [0.717, 1.165) is 11.5 Å². The molecule has 1 nitrogen and oxygen atoms in total. The zero-order chi connectivity index (χ0) is 17.6. The first kappa shape index (κ1) is 15.9. The summed E-state index contributed by atoms with van der Waals surface area (Å²) in [5.41, 5.74) is 0.517. The van der Waals surface area contributed by atoms with Crippen molar-refractivity contribution in [3.05, 3.63) is 77.3 Å². The highest BCUT2D eigenvalue weighted by Gasteiger charge is 2.33. The fourth-order valence-electron chi connectivity index (χ4n) is 2.96. The minimum Gasteiger partial charge on any atom is -0.247 e. The standard InChI is InChI=1S/C20H11ClF3N/c21-14-8-5-13(6-9-14)18-11-17(20(22,23)24)16-10-7-12-3-1-2-4-15(12)19(16)25-18/h1-11H. The normalized spacial score (nSPS) is 12.0. The number of fused-ring (bicyclic) bond motifs is 3. The number of hydrogen-bond donors (Lipinski definition) is 0. The highest BCUT2D eigenvalue weighted by atomic mass is 35.5. The largest absolute Gasteiger partial charge is 0.417 e. The topological polar surface area (TPSA) is 12.9 Å². The van der Waals surface area contributed by atoms with Crippen LogP contribution in [0.5, 0.6) is 0 Å². The quantitative estimate of drug-likeness (QED) is 0.344. The number of nitrogens with zero attached hydrogens (tertiary/aromatic N) is 1. The summed E-state index contributed by atoms with van der Waals surface area (Å²) in [6.45, 7) is 0. The van der Waals surface area contributed by atoms with Crippen LogP contribution in [0, 0.1) is 0 Å². The van der Waals surface area contributed by atoms with Gasteiger partial charge in [-0.25, -0.2) is 4.98 Å². The molecule has 0 atom stereocenters. The van der Waals surface area contributed by atoms with Gasteiger partial charge in [0.15, 0.2) is 0 Å². The average molecular weight is 358 g/mol. The molecule has 4 aromatic rings. The predicted molar refractivity (Wildman–Crippen MR) is 94.7 cm³/mol. The molecule has 1 heterocycles.